The number of halogens is 1. The topological polar surface area (TPSA) is 50.3 Å². The molecule has 2 amide bonds. The molecule has 2 heterocycles. The molecular formula is C15H13ClN2O2. The van der Waals surface area contributed by atoms with Gasteiger partial charge < -0.3 is 0 Å². The van der Waals surface area contributed by atoms with Crippen molar-refractivity contribution in [3.63, 3.8) is 0 Å². The SMILES string of the molecule is CC1CC(=O)N(Cc2cc3ccccc3nc2Cl)C1=O. The van der Waals surface area contributed by atoms with Crippen LogP contribution in [0.2, 0.25) is 5.15 Å². The molecule has 0 spiro atoms. The Kier molecular flexibility index (Phi) is 3.18. The second kappa shape index (κ2) is 4.87. The molecule has 1 fully saturated rings. The summed E-state index contributed by atoms with van der Waals surface area (Å²) in [7, 11) is 0. The Morgan fingerprint density at radius 2 is 2.10 bits per heavy atom. The first-order valence-electron chi connectivity index (χ1n) is 6.44. The number of carbonyl (C=O) groups is 2. The maximum absolute atomic E-state index is 11.9. The Bertz CT molecular complexity index is 714. The lowest BCUT2D eigenvalue weighted by Crippen LogP contribution is -2.29. The van der Waals surface area contributed by atoms with Gasteiger partial charge in [-0.2, -0.15) is 0 Å². The van der Waals surface area contributed by atoms with Gasteiger partial charge in [-0.1, -0.05) is 36.7 Å². The van der Waals surface area contributed by atoms with Crippen molar-refractivity contribution in [2.24, 2.45) is 5.92 Å². The van der Waals surface area contributed by atoms with E-state index in [-0.39, 0.29) is 30.7 Å². The first-order chi connectivity index (χ1) is 9.56. The van der Waals surface area contributed by atoms with Gasteiger partial charge in [-0.15, -0.1) is 0 Å². The predicted octanol–water partition coefficient (Wildman–Crippen LogP) is 2.78. The molecule has 1 aromatic carbocycles. The van der Waals surface area contributed by atoms with E-state index in [0.29, 0.717) is 10.7 Å². The van der Waals surface area contributed by atoms with Crippen molar-refractivity contribution in [2.45, 2.75) is 19.9 Å². The van der Waals surface area contributed by atoms with Gasteiger partial charge in [-0.25, -0.2) is 4.98 Å². The molecule has 0 N–H and O–H groups in total. The van der Waals surface area contributed by atoms with Gasteiger partial charge in [0.1, 0.15) is 5.15 Å². The summed E-state index contributed by atoms with van der Waals surface area (Å²) < 4.78 is 0. The molecule has 3 rings (SSSR count). The maximum atomic E-state index is 11.9. The molecule has 0 bridgehead atoms. The van der Waals surface area contributed by atoms with Gasteiger partial charge in [-0.05, 0) is 12.1 Å². The number of fused-ring (bicyclic) bond motifs is 1. The van der Waals surface area contributed by atoms with Crippen molar-refractivity contribution in [3.05, 3.63) is 41.0 Å². The Morgan fingerprint density at radius 3 is 2.80 bits per heavy atom. The second-order valence-corrected chi connectivity index (χ2v) is 5.41. The highest BCUT2D eigenvalue weighted by atomic mass is 35.5. The van der Waals surface area contributed by atoms with E-state index in [4.69, 9.17) is 11.6 Å². The number of nitrogens with zero attached hydrogens (tertiary/aromatic N) is 2. The van der Waals surface area contributed by atoms with Crippen molar-refractivity contribution in [1.29, 1.82) is 0 Å². The second-order valence-electron chi connectivity index (χ2n) is 5.05. The highest BCUT2D eigenvalue weighted by Gasteiger charge is 2.35. The van der Waals surface area contributed by atoms with Crippen LogP contribution in [0, 0.1) is 5.92 Å². The molecule has 4 nitrogen and oxygen atoms in total. The molecule has 1 unspecified atom stereocenters. The number of benzene rings is 1. The molecule has 5 heteroatoms. The van der Waals surface area contributed by atoms with Gasteiger partial charge in [0.05, 0.1) is 12.1 Å². The van der Waals surface area contributed by atoms with Crippen LogP contribution in [0.3, 0.4) is 0 Å². The molecule has 1 aromatic heterocycles. The fourth-order valence-electron chi connectivity index (χ4n) is 2.43. The molecular weight excluding hydrogens is 276 g/mol. The van der Waals surface area contributed by atoms with Crippen molar-refractivity contribution in [2.75, 3.05) is 0 Å². The molecule has 0 aliphatic carbocycles. The molecule has 1 aliphatic heterocycles. The number of carbonyl (C=O) groups excluding carboxylic acids is 2. The molecule has 1 saturated heterocycles. The van der Waals surface area contributed by atoms with Gasteiger partial charge >= 0.3 is 0 Å². The molecule has 102 valence electrons. The lowest BCUT2D eigenvalue weighted by atomic mass is 10.1. The summed E-state index contributed by atoms with van der Waals surface area (Å²) in [6, 6.07) is 9.49. The van der Waals surface area contributed by atoms with Crippen LogP contribution in [0.1, 0.15) is 18.9 Å². The standard InChI is InChI=1S/C15H13ClN2O2/c1-9-6-13(19)18(15(9)20)8-11-7-10-4-2-3-5-12(10)17-14(11)16/h2-5,7,9H,6,8H2,1H3. The van der Waals surface area contributed by atoms with Crippen LogP contribution >= 0.6 is 11.6 Å². The van der Waals surface area contributed by atoms with E-state index in [9.17, 15) is 9.59 Å². The maximum Gasteiger partial charge on any atom is 0.232 e. The van der Waals surface area contributed by atoms with Crippen LogP contribution < -0.4 is 0 Å². The smallest absolute Gasteiger partial charge is 0.232 e. The zero-order valence-electron chi connectivity index (χ0n) is 11.0. The van der Waals surface area contributed by atoms with Gasteiger partial charge in [0.25, 0.3) is 0 Å². The van der Waals surface area contributed by atoms with Gasteiger partial charge in [-0.3, -0.25) is 14.5 Å². The molecule has 0 radical (unpaired) electrons. The van der Waals surface area contributed by atoms with E-state index in [1.54, 1.807) is 6.92 Å². The highest BCUT2D eigenvalue weighted by Crippen LogP contribution is 2.26. The first kappa shape index (κ1) is 13.1. The van der Waals surface area contributed by atoms with Gasteiger partial charge in [0.2, 0.25) is 11.8 Å². The Balaban J connectivity index is 1.97. The fourth-order valence-corrected chi connectivity index (χ4v) is 2.64. The summed E-state index contributed by atoms with van der Waals surface area (Å²) in [6.07, 6.45) is 0.275. The highest BCUT2D eigenvalue weighted by molar-refractivity contribution is 6.30. The van der Waals surface area contributed by atoms with E-state index < -0.39 is 0 Å². The van der Waals surface area contributed by atoms with Crippen LogP contribution in [0.4, 0.5) is 0 Å². The number of imide groups is 1. The third-order valence-electron chi connectivity index (χ3n) is 3.55. The monoisotopic (exact) mass is 288 g/mol. The van der Waals surface area contributed by atoms with Gasteiger partial charge in [0.15, 0.2) is 0 Å². The lowest BCUT2D eigenvalue weighted by molar-refractivity contribution is -0.139. The minimum Gasteiger partial charge on any atom is -0.278 e. The summed E-state index contributed by atoms with van der Waals surface area (Å²) in [6.45, 7) is 1.96. The average molecular weight is 289 g/mol. The number of para-hydroxylation sites is 1. The predicted molar refractivity (Wildman–Crippen MR) is 76.1 cm³/mol. The van der Waals surface area contributed by atoms with Crippen LogP contribution in [0.5, 0.6) is 0 Å². The number of hydrogen-bond donors (Lipinski definition) is 0. The average Bonchev–Trinajstić information content (AvgIpc) is 2.66. The van der Waals surface area contributed by atoms with E-state index >= 15 is 0 Å². The quantitative estimate of drug-likeness (QED) is 0.631. The number of rotatable bonds is 2. The lowest BCUT2D eigenvalue weighted by Gasteiger charge is -2.15. The number of hydrogen-bond acceptors (Lipinski definition) is 3. The summed E-state index contributed by atoms with van der Waals surface area (Å²) >= 11 is 6.15. The number of aromatic nitrogens is 1. The molecule has 0 saturated carbocycles. The minimum absolute atomic E-state index is 0.140. The van der Waals surface area contributed by atoms with Crippen molar-refractivity contribution in [1.82, 2.24) is 9.88 Å². The fraction of sp³-hybridized carbons (Fsp3) is 0.267. The summed E-state index contributed by atoms with van der Waals surface area (Å²) in [5.74, 6) is -0.527. The van der Waals surface area contributed by atoms with Crippen LogP contribution in [0.15, 0.2) is 30.3 Å². The third kappa shape index (κ3) is 2.16. The van der Waals surface area contributed by atoms with Crippen LogP contribution in [0.25, 0.3) is 10.9 Å². The van der Waals surface area contributed by atoms with Gasteiger partial charge in [0, 0.05) is 23.3 Å². The third-order valence-corrected chi connectivity index (χ3v) is 3.88. The van der Waals surface area contributed by atoms with Crippen molar-refractivity contribution < 1.29 is 9.59 Å². The summed E-state index contributed by atoms with van der Waals surface area (Å²) in [4.78, 5) is 29.3. The Labute approximate surface area is 121 Å². The molecule has 2 aromatic rings. The van der Waals surface area contributed by atoms with Crippen LogP contribution in [-0.4, -0.2) is 21.7 Å². The first-order valence-corrected chi connectivity index (χ1v) is 6.82. The van der Waals surface area contributed by atoms with Crippen LogP contribution in [-0.2, 0) is 16.1 Å². The Morgan fingerprint density at radius 1 is 1.35 bits per heavy atom. The molecule has 1 atom stereocenters. The van der Waals surface area contributed by atoms with E-state index in [1.807, 2.05) is 30.3 Å². The molecule has 1 aliphatic rings. The van der Waals surface area contributed by atoms with E-state index in [0.717, 1.165) is 10.9 Å². The number of amides is 2. The van der Waals surface area contributed by atoms with E-state index in [1.165, 1.54) is 4.90 Å². The molecule has 20 heavy (non-hydrogen) atoms. The zero-order chi connectivity index (χ0) is 14.3. The summed E-state index contributed by atoms with van der Waals surface area (Å²) in [5, 5.41) is 1.28. The van der Waals surface area contributed by atoms with Crippen molar-refractivity contribution in [3.8, 4) is 0 Å². The van der Waals surface area contributed by atoms with Crippen molar-refractivity contribution >= 4 is 34.3 Å². The number of pyridine rings is 1. The largest absolute Gasteiger partial charge is 0.278 e. The zero-order valence-corrected chi connectivity index (χ0v) is 11.7. The number of likely N-dealkylation sites (tertiary alicyclic amines) is 1. The summed E-state index contributed by atoms with van der Waals surface area (Å²) in [5.41, 5.74) is 1.50. The normalized spacial score (nSPS) is 19.1. The minimum atomic E-state index is -0.241. The van der Waals surface area contributed by atoms with E-state index in [2.05, 4.69) is 4.98 Å². The Hall–Kier alpha value is -1.94.